The number of nitrogens with two attached hydrogens (primary N) is 1. The van der Waals surface area contributed by atoms with Gasteiger partial charge in [0.1, 0.15) is 11.6 Å². The molecule has 3 rings (SSSR count). The predicted molar refractivity (Wildman–Crippen MR) is 74.3 cm³/mol. The van der Waals surface area contributed by atoms with Gasteiger partial charge in [0.25, 0.3) is 0 Å². The van der Waals surface area contributed by atoms with Crippen molar-refractivity contribution in [1.29, 1.82) is 0 Å². The van der Waals surface area contributed by atoms with Crippen LogP contribution in [0.5, 0.6) is 0 Å². The Bertz CT molecular complexity index is 806. The Hall–Kier alpha value is -2.69. The molecular formula is C15H12FN3O. The number of carbonyl (C=O) groups excluding carboxylic acids is 1. The molecule has 0 radical (unpaired) electrons. The van der Waals surface area contributed by atoms with Crippen LogP contribution in [0.1, 0.15) is 16.2 Å². The molecule has 0 saturated heterocycles. The molecule has 0 aliphatic heterocycles. The fraction of sp³-hybridized carbons (Fsp3) is 0.0667. The first-order valence-corrected chi connectivity index (χ1v) is 6.11. The van der Waals surface area contributed by atoms with Crippen LogP contribution in [0.4, 0.5) is 4.39 Å². The van der Waals surface area contributed by atoms with Gasteiger partial charge in [0.05, 0.1) is 11.0 Å². The molecule has 0 saturated carbocycles. The molecule has 100 valence electrons. The molecule has 4 nitrogen and oxygen atoms in total. The number of imidazole rings is 1. The minimum atomic E-state index is -0.477. The summed E-state index contributed by atoms with van der Waals surface area (Å²) in [5.74, 6) is -0.0420. The van der Waals surface area contributed by atoms with Crippen LogP contribution in [0.25, 0.3) is 16.7 Å². The summed E-state index contributed by atoms with van der Waals surface area (Å²) in [7, 11) is 0. The molecule has 3 aromatic rings. The van der Waals surface area contributed by atoms with Gasteiger partial charge in [-0.1, -0.05) is 0 Å². The molecule has 2 N–H and O–H groups in total. The van der Waals surface area contributed by atoms with E-state index in [2.05, 4.69) is 4.98 Å². The molecule has 0 atom stereocenters. The second kappa shape index (κ2) is 4.45. The molecule has 0 aliphatic rings. The lowest BCUT2D eigenvalue weighted by Gasteiger charge is -2.07. The summed E-state index contributed by atoms with van der Waals surface area (Å²) in [6.45, 7) is 1.85. The largest absolute Gasteiger partial charge is 0.366 e. The maximum absolute atomic E-state index is 13.4. The number of fused-ring (bicyclic) bond motifs is 1. The topological polar surface area (TPSA) is 60.9 Å². The summed E-state index contributed by atoms with van der Waals surface area (Å²) < 4.78 is 15.2. The fourth-order valence-electron chi connectivity index (χ4n) is 2.27. The van der Waals surface area contributed by atoms with Crippen LogP contribution >= 0.6 is 0 Å². The molecule has 0 spiro atoms. The second-order valence-electron chi connectivity index (χ2n) is 4.54. The van der Waals surface area contributed by atoms with Gasteiger partial charge in [-0.15, -0.1) is 0 Å². The summed E-state index contributed by atoms with van der Waals surface area (Å²) >= 11 is 0. The van der Waals surface area contributed by atoms with Crippen LogP contribution in [0, 0.1) is 12.7 Å². The van der Waals surface area contributed by atoms with E-state index in [1.54, 1.807) is 30.3 Å². The summed E-state index contributed by atoms with van der Waals surface area (Å²) in [6, 6.07) is 11.3. The molecule has 2 aromatic carbocycles. The van der Waals surface area contributed by atoms with Crippen LogP contribution in [0.2, 0.25) is 0 Å². The number of aromatic nitrogens is 2. The lowest BCUT2D eigenvalue weighted by atomic mass is 10.2. The highest BCUT2D eigenvalue weighted by molar-refractivity contribution is 5.93. The third-order valence-corrected chi connectivity index (χ3v) is 3.19. The summed E-state index contributed by atoms with van der Waals surface area (Å²) in [5, 5.41) is 0. The van der Waals surface area contributed by atoms with Gasteiger partial charge in [-0.25, -0.2) is 9.37 Å². The summed E-state index contributed by atoms with van der Waals surface area (Å²) in [5.41, 5.74) is 7.87. The molecule has 0 fully saturated rings. The molecule has 1 heterocycles. The smallest absolute Gasteiger partial charge is 0.248 e. The number of rotatable bonds is 2. The average molecular weight is 269 g/mol. The zero-order valence-corrected chi connectivity index (χ0v) is 10.8. The third kappa shape index (κ3) is 1.93. The van der Waals surface area contributed by atoms with Gasteiger partial charge < -0.3 is 5.73 Å². The van der Waals surface area contributed by atoms with Gasteiger partial charge in [-0.2, -0.15) is 0 Å². The highest BCUT2D eigenvalue weighted by Gasteiger charge is 2.10. The number of hydrogen-bond acceptors (Lipinski definition) is 2. The number of primary amides is 1. The molecule has 0 bridgehead atoms. The van der Waals surface area contributed by atoms with Crippen molar-refractivity contribution in [3.05, 3.63) is 59.7 Å². The van der Waals surface area contributed by atoms with Crippen molar-refractivity contribution >= 4 is 16.9 Å². The van der Waals surface area contributed by atoms with E-state index < -0.39 is 5.91 Å². The normalized spacial score (nSPS) is 10.9. The van der Waals surface area contributed by atoms with Crippen molar-refractivity contribution in [1.82, 2.24) is 9.55 Å². The minimum absolute atomic E-state index is 0.313. The van der Waals surface area contributed by atoms with E-state index in [4.69, 9.17) is 5.73 Å². The van der Waals surface area contributed by atoms with Gasteiger partial charge in [0, 0.05) is 17.3 Å². The van der Waals surface area contributed by atoms with Crippen LogP contribution < -0.4 is 5.73 Å². The Kier molecular flexibility index (Phi) is 2.75. The number of nitrogens with zero attached hydrogens (tertiary/aromatic N) is 2. The molecular weight excluding hydrogens is 257 g/mol. The number of hydrogen-bond donors (Lipinski definition) is 1. The van der Waals surface area contributed by atoms with Crippen LogP contribution in [-0.2, 0) is 0 Å². The Morgan fingerprint density at radius 2 is 1.90 bits per heavy atom. The zero-order valence-electron chi connectivity index (χ0n) is 10.8. The Balaban J connectivity index is 2.20. The number of aryl methyl sites for hydroxylation is 1. The average Bonchev–Trinajstić information content (AvgIpc) is 2.74. The number of benzene rings is 2. The van der Waals surface area contributed by atoms with E-state index in [1.807, 2.05) is 11.5 Å². The molecule has 5 heteroatoms. The van der Waals surface area contributed by atoms with E-state index in [0.717, 1.165) is 17.0 Å². The van der Waals surface area contributed by atoms with E-state index in [1.165, 1.54) is 12.1 Å². The Labute approximate surface area is 114 Å². The van der Waals surface area contributed by atoms with Crippen molar-refractivity contribution < 1.29 is 9.18 Å². The van der Waals surface area contributed by atoms with Crippen LogP contribution in [0.3, 0.4) is 0 Å². The lowest BCUT2D eigenvalue weighted by molar-refractivity contribution is 0.100. The highest BCUT2D eigenvalue weighted by atomic mass is 19.1. The van der Waals surface area contributed by atoms with E-state index >= 15 is 0 Å². The maximum atomic E-state index is 13.4. The van der Waals surface area contributed by atoms with Crippen LogP contribution in [-0.4, -0.2) is 15.5 Å². The van der Waals surface area contributed by atoms with Crippen LogP contribution in [0.15, 0.2) is 42.5 Å². The van der Waals surface area contributed by atoms with E-state index in [0.29, 0.717) is 11.1 Å². The molecule has 0 unspecified atom stereocenters. The monoisotopic (exact) mass is 269 g/mol. The Morgan fingerprint density at radius 3 is 2.55 bits per heavy atom. The molecule has 1 aromatic heterocycles. The number of halogens is 1. The van der Waals surface area contributed by atoms with Gasteiger partial charge in [0.15, 0.2) is 0 Å². The van der Waals surface area contributed by atoms with Gasteiger partial charge in [-0.3, -0.25) is 9.36 Å². The first kappa shape index (κ1) is 12.3. The second-order valence-corrected chi connectivity index (χ2v) is 4.54. The fourth-order valence-corrected chi connectivity index (χ4v) is 2.27. The van der Waals surface area contributed by atoms with Gasteiger partial charge >= 0.3 is 0 Å². The standard InChI is InChI=1S/C15H12FN3O/c1-9-18-13-7-4-11(16)8-14(13)19(9)12-5-2-10(3-6-12)15(17)20/h2-8H,1H3,(H2,17,20). The maximum Gasteiger partial charge on any atom is 0.248 e. The van der Waals surface area contributed by atoms with Crippen molar-refractivity contribution in [2.45, 2.75) is 6.92 Å². The minimum Gasteiger partial charge on any atom is -0.366 e. The lowest BCUT2D eigenvalue weighted by Crippen LogP contribution is -2.10. The number of amides is 1. The molecule has 20 heavy (non-hydrogen) atoms. The van der Waals surface area contributed by atoms with Crippen molar-refractivity contribution in [3.63, 3.8) is 0 Å². The van der Waals surface area contributed by atoms with Crippen molar-refractivity contribution in [2.75, 3.05) is 0 Å². The quantitative estimate of drug-likeness (QED) is 0.777. The number of carbonyl (C=O) groups is 1. The molecule has 1 amide bonds. The zero-order chi connectivity index (χ0) is 14.3. The third-order valence-electron chi connectivity index (χ3n) is 3.19. The SMILES string of the molecule is Cc1nc2ccc(F)cc2n1-c1ccc(C(N)=O)cc1. The van der Waals surface area contributed by atoms with Gasteiger partial charge in [0.2, 0.25) is 5.91 Å². The summed E-state index contributed by atoms with van der Waals surface area (Å²) in [4.78, 5) is 15.5. The van der Waals surface area contributed by atoms with Crippen molar-refractivity contribution in [2.24, 2.45) is 5.73 Å². The predicted octanol–water partition coefficient (Wildman–Crippen LogP) is 2.57. The summed E-state index contributed by atoms with van der Waals surface area (Å²) in [6.07, 6.45) is 0. The van der Waals surface area contributed by atoms with E-state index in [-0.39, 0.29) is 5.82 Å². The molecule has 0 aliphatic carbocycles. The van der Waals surface area contributed by atoms with Crippen molar-refractivity contribution in [3.8, 4) is 5.69 Å². The highest BCUT2D eigenvalue weighted by Crippen LogP contribution is 2.22. The Morgan fingerprint density at radius 1 is 1.20 bits per heavy atom. The van der Waals surface area contributed by atoms with Gasteiger partial charge in [-0.05, 0) is 43.3 Å². The first-order chi connectivity index (χ1) is 9.56. The van der Waals surface area contributed by atoms with E-state index in [9.17, 15) is 9.18 Å². The first-order valence-electron chi connectivity index (χ1n) is 6.11.